The summed E-state index contributed by atoms with van der Waals surface area (Å²) < 4.78 is 24.2. The lowest BCUT2D eigenvalue weighted by atomic mass is 9.83. The predicted octanol–water partition coefficient (Wildman–Crippen LogP) is 2.38. The van der Waals surface area contributed by atoms with Gasteiger partial charge in [-0.25, -0.2) is 4.79 Å². The van der Waals surface area contributed by atoms with Gasteiger partial charge in [0, 0.05) is 6.07 Å². The molecule has 130 valence electrons. The van der Waals surface area contributed by atoms with E-state index in [1.165, 1.54) is 13.0 Å². The maximum Gasteiger partial charge on any atom is 0.338 e. The molecule has 1 aliphatic heterocycles. The number of nitrogens with zero attached hydrogens (tertiary/aromatic N) is 2. The van der Waals surface area contributed by atoms with E-state index in [9.17, 15) is 24.6 Å². The van der Waals surface area contributed by atoms with E-state index in [2.05, 4.69) is 0 Å². The van der Waals surface area contributed by atoms with Gasteiger partial charge < -0.3 is 15.2 Å². The van der Waals surface area contributed by atoms with Gasteiger partial charge in [0.2, 0.25) is 11.7 Å². The third-order valence-corrected chi connectivity index (χ3v) is 3.60. The average molecular weight is 347 g/mol. The number of carbonyl (C=O) groups excluding carboxylic acids is 1. The number of hydrogen-bond acceptors (Lipinski definition) is 7. The Morgan fingerprint density at radius 1 is 1.56 bits per heavy atom. The normalized spacial score (nSPS) is 17.0. The van der Waals surface area contributed by atoms with Crippen LogP contribution < -0.4 is 5.73 Å². The van der Waals surface area contributed by atoms with Crippen molar-refractivity contribution >= 4 is 11.7 Å². The molecule has 1 atom stereocenters. The van der Waals surface area contributed by atoms with Crippen molar-refractivity contribution in [3.8, 4) is 6.07 Å². The summed E-state index contributed by atoms with van der Waals surface area (Å²) in [5.41, 5.74) is 5.01. The third-order valence-electron chi connectivity index (χ3n) is 3.60. The van der Waals surface area contributed by atoms with Gasteiger partial charge in [-0.2, -0.15) is 9.65 Å². The fraction of sp³-hybridized carbons (Fsp3) is 0.250. The summed E-state index contributed by atoms with van der Waals surface area (Å²) in [4.78, 5) is 22.2. The summed E-state index contributed by atoms with van der Waals surface area (Å²) in [5.74, 6) is -3.00. The molecule has 0 saturated heterocycles. The van der Waals surface area contributed by atoms with Crippen LogP contribution in [-0.2, 0) is 14.3 Å². The van der Waals surface area contributed by atoms with Crippen molar-refractivity contribution in [2.24, 2.45) is 5.73 Å². The molecule has 0 radical (unpaired) electrons. The molecule has 0 fully saturated rings. The molecule has 1 aromatic rings. The molecule has 9 heteroatoms. The van der Waals surface area contributed by atoms with E-state index in [4.69, 9.17) is 15.2 Å². The van der Waals surface area contributed by atoms with Crippen LogP contribution in [0.2, 0.25) is 0 Å². The van der Waals surface area contributed by atoms with Crippen LogP contribution in [0.25, 0.3) is 0 Å². The van der Waals surface area contributed by atoms with Crippen molar-refractivity contribution in [3.05, 3.63) is 62.5 Å². The summed E-state index contributed by atoms with van der Waals surface area (Å²) >= 11 is 0. The average Bonchev–Trinajstić information content (AvgIpc) is 2.53. The molecular weight excluding hydrogens is 333 g/mol. The summed E-state index contributed by atoms with van der Waals surface area (Å²) in [6, 6.07) is 4.95. The van der Waals surface area contributed by atoms with Crippen LogP contribution in [0.3, 0.4) is 0 Å². The van der Waals surface area contributed by atoms with Gasteiger partial charge in [0.05, 0.1) is 23.0 Å². The van der Waals surface area contributed by atoms with Gasteiger partial charge in [0.25, 0.3) is 0 Å². The molecule has 1 heterocycles. The van der Waals surface area contributed by atoms with Crippen LogP contribution in [0.1, 0.15) is 25.3 Å². The van der Waals surface area contributed by atoms with Crippen LogP contribution in [-0.4, -0.2) is 17.5 Å². The third kappa shape index (κ3) is 3.28. The van der Waals surface area contributed by atoms with E-state index < -0.39 is 28.3 Å². The Bertz CT molecular complexity index is 854. The number of halogens is 1. The van der Waals surface area contributed by atoms with E-state index in [0.717, 1.165) is 12.1 Å². The molecule has 1 aromatic carbocycles. The summed E-state index contributed by atoms with van der Waals surface area (Å²) in [6.07, 6.45) is 0. The molecule has 25 heavy (non-hydrogen) atoms. The SMILES string of the molecule is CCOC(=O)C1=C(C)OC(N)=C(C#N)C1c1ccc([N+](=O)[O-])c(F)c1. The van der Waals surface area contributed by atoms with Crippen molar-refractivity contribution in [1.82, 2.24) is 0 Å². The van der Waals surface area contributed by atoms with Gasteiger partial charge in [0.1, 0.15) is 17.4 Å². The molecule has 8 nitrogen and oxygen atoms in total. The van der Waals surface area contributed by atoms with Crippen molar-refractivity contribution in [1.29, 1.82) is 5.26 Å². The number of carbonyl (C=O) groups is 1. The van der Waals surface area contributed by atoms with Crippen LogP contribution in [0.5, 0.6) is 0 Å². The molecule has 0 aliphatic carbocycles. The summed E-state index contributed by atoms with van der Waals surface area (Å²) in [5, 5.41) is 20.1. The maximum atomic E-state index is 14.0. The number of nitro benzene ring substituents is 1. The standard InChI is InChI=1S/C16H14FN3O5/c1-3-24-16(21)13-8(2)25-15(19)10(7-18)14(13)9-4-5-12(20(22)23)11(17)6-9/h4-6,14H,3,19H2,1-2H3. The van der Waals surface area contributed by atoms with E-state index >= 15 is 0 Å². The Labute approximate surface area is 142 Å². The first kappa shape index (κ1) is 17.9. The van der Waals surface area contributed by atoms with Gasteiger partial charge in [-0.05, 0) is 25.5 Å². The lowest BCUT2D eigenvalue weighted by Crippen LogP contribution is -2.25. The van der Waals surface area contributed by atoms with Crippen LogP contribution in [0.4, 0.5) is 10.1 Å². The van der Waals surface area contributed by atoms with Crippen LogP contribution >= 0.6 is 0 Å². The molecule has 0 bridgehead atoms. The number of ether oxygens (including phenoxy) is 2. The highest BCUT2D eigenvalue weighted by atomic mass is 19.1. The number of hydrogen-bond donors (Lipinski definition) is 1. The molecule has 0 amide bonds. The second kappa shape index (κ2) is 7.00. The Kier molecular flexibility index (Phi) is 5.02. The first-order valence-corrected chi connectivity index (χ1v) is 7.21. The lowest BCUT2D eigenvalue weighted by molar-refractivity contribution is -0.387. The van der Waals surface area contributed by atoms with Crippen molar-refractivity contribution < 1.29 is 23.6 Å². The van der Waals surface area contributed by atoms with Gasteiger partial charge in [-0.15, -0.1) is 0 Å². The quantitative estimate of drug-likeness (QED) is 0.503. The predicted molar refractivity (Wildman–Crippen MR) is 83.0 cm³/mol. The lowest BCUT2D eigenvalue weighted by Gasteiger charge is -2.26. The Balaban J connectivity index is 2.64. The van der Waals surface area contributed by atoms with Gasteiger partial charge in [-0.1, -0.05) is 6.07 Å². The van der Waals surface area contributed by atoms with E-state index in [1.807, 2.05) is 6.07 Å². The Hall–Kier alpha value is -3.41. The highest BCUT2D eigenvalue weighted by molar-refractivity contribution is 5.92. The van der Waals surface area contributed by atoms with Gasteiger partial charge in [-0.3, -0.25) is 10.1 Å². The number of nitro groups is 1. The number of nitrogens with two attached hydrogens (primary N) is 1. The fourth-order valence-corrected chi connectivity index (χ4v) is 2.54. The first-order chi connectivity index (χ1) is 11.8. The van der Waals surface area contributed by atoms with E-state index in [1.54, 1.807) is 6.92 Å². The molecule has 2 rings (SSSR count). The molecule has 1 unspecified atom stereocenters. The second-order valence-electron chi connectivity index (χ2n) is 5.08. The molecule has 2 N–H and O–H groups in total. The van der Waals surface area contributed by atoms with Crippen molar-refractivity contribution in [2.45, 2.75) is 19.8 Å². The van der Waals surface area contributed by atoms with Crippen LogP contribution in [0.15, 0.2) is 41.0 Å². The highest BCUT2D eigenvalue weighted by Gasteiger charge is 2.37. The minimum atomic E-state index is -1.09. The zero-order valence-electron chi connectivity index (χ0n) is 13.4. The van der Waals surface area contributed by atoms with E-state index in [-0.39, 0.29) is 35.0 Å². The Morgan fingerprint density at radius 3 is 2.76 bits per heavy atom. The zero-order chi connectivity index (χ0) is 18.7. The molecule has 1 aliphatic rings. The molecular formula is C16H14FN3O5. The molecule has 0 saturated carbocycles. The molecule has 0 spiro atoms. The smallest absolute Gasteiger partial charge is 0.338 e. The fourth-order valence-electron chi connectivity index (χ4n) is 2.54. The highest BCUT2D eigenvalue weighted by Crippen LogP contribution is 2.40. The second-order valence-corrected chi connectivity index (χ2v) is 5.08. The monoisotopic (exact) mass is 347 g/mol. The number of nitriles is 1. The van der Waals surface area contributed by atoms with Crippen molar-refractivity contribution in [2.75, 3.05) is 6.61 Å². The maximum absolute atomic E-state index is 14.0. The number of rotatable bonds is 4. The van der Waals surface area contributed by atoms with Crippen molar-refractivity contribution in [3.63, 3.8) is 0 Å². The minimum absolute atomic E-state index is 0.0131. The number of benzene rings is 1. The number of allylic oxidation sites excluding steroid dienone is 2. The van der Waals surface area contributed by atoms with Gasteiger partial charge >= 0.3 is 11.7 Å². The summed E-state index contributed by atoms with van der Waals surface area (Å²) in [6.45, 7) is 3.15. The minimum Gasteiger partial charge on any atom is -0.463 e. The summed E-state index contributed by atoms with van der Waals surface area (Å²) in [7, 11) is 0. The molecule has 0 aromatic heterocycles. The van der Waals surface area contributed by atoms with E-state index in [0.29, 0.717) is 0 Å². The van der Waals surface area contributed by atoms with Crippen LogP contribution in [0, 0.1) is 27.3 Å². The first-order valence-electron chi connectivity index (χ1n) is 7.21. The topological polar surface area (TPSA) is 128 Å². The number of esters is 1. The zero-order valence-corrected chi connectivity index (χ0v) is 13.4. The Morgan fingerprint density at radius 2 is 2.24 bits per heavy atom. The van der Waals surface area contributed by atoms with Gasteiger partial charge in [0.15, 0.2) is 0 Å². The largest absolute Gasteiger partial charge is 0.463 e.